The fourth-order valence-corrected chi connectivity index (χ4v) is 5.79. The van der Waals surface area contributed by atoms with E-state index in [0.717, 1.165) is 54.6 Å². The highest BCUT2D eigenvalue weighted by molar-refractivity contribution is 6.02. The number of ether oxygens (including phenoxy) is 2. The Morgan fingerprint density at radius 1 is 0.950 bits per heavy atom. The van der Waals surface area contributed by atoms with Crippen molar-refractivity contribution in [3.05, 3.63) is 94.5 Å². The van der Waals surface area contributed by atoms with E-state index < -0.39 is 11.9 Å². The molecule has 2 saturated carbocycles. The molecule has 1 spiro atoms. The monoisotopic (exact) mass is 550 g/mol. The molecule has 3 aromatic rings. The second-order valence-corrected chi connectivity index (χ2v) is 10.9. The zero-order chi connectivity index (χ0) is 28.1. The number of nitrogens with one attached hydrogen (secondary N) is 1. The van der Waals surface area contributed by atoms with Gasteiger partial charge in [0.05, 0.1) is 29.0 Å². The van der Waals surface area contributed by atoms with Crippen LogP contribution in [0.3, 0.4) is 0 Å². The van der Waals surface area contributed by atoms with E-state index in [2.05, 4.69) is 21.0 Å². The molecule has 1 heterocycles. The number of benzene rings is 3. The summed E-state index contributed by atoms with van der Waals surface area (Å²) in [6.45, 7) is 3.29. The number of nitrogens with zero attached hydrogens (tertiary/aromatic N) is 1. The van der Waals surface area contributed by atoms with Gasteiger partial charge in [-0.1, -0.05) is 36.4 Å². The third kappa shape index (κ3) is 5.00. The molecule has 0 saturated heterocycles. The number of rotatable bonds is 8. The summed E-state index contributed by atoms with van der Waals surface area (Å²) in [5, 5.41) is 3.26. The van der Waals surface area contributed by atoms with Gasteiger partial charge in [0.15, 0.2) is 0 Å². The van der Waals surface area contributed by atoms with Gasteiger partial charge in [-0.25, -0.2) is 4.79 Å². The number of carbonyl (C=O) groups is 2. The number of alkyl halides is 3. The van der Waals surface area contributed by atoms with Crippen LogP contribution < -0.4 is 15.0 Å². The van der Waals surface area contributed by atoms with Gasteiger partial charge < -0.3 is 19.7 Å². The normalized spacial score (nSPS) is 17.8. The van der Waals surface area contributed by atoms with Crippen LogP contribution in [-0.4, -0.2) is 31.4 Å². The molecule has 9 heteroatoms. The van der Waals surface area contributed by atoms with Crippen molar-refractivity contribution in [1.82, 2.24) is 5.32 Å². The molecule has 1 N–H and O–H groups in total. The molecule has 0 radical (unpaired) electrons. The molecule has 2 aliphatic carbocycles. The average Bonchev–Trinajstić information content (AvgIpc) is 3.84. The Morgan fingerprint density at radius 2 is 1.65 bits per heavy atom. The molecule has 1 amide bonds. The fourth-order valence-electron chi connectivity index (χ4n) is 5.79. The molecule has 208 valence electrons. The van der Waals surface area contributed by atoms with Gasteiger partial charge in [-0.05, 0) is 79.6 Å². The predicted octanol–water partition coefficient (Wildman–Crippen LogP) is 6.23. The molecular formula is C31H29F3N2O4. The number of fused-ring (bicyclic) bond motifs is 2. The van der Waals surface area contributed by atoms with E-state index in [1.807, 2.05) is 24.3 Å². The van der Waals surface area contributed by atoms with Gasteiger partial charge >= 0.3 is 12.3 Å². The summed E-state index contributed by atoms with van der Waals surface area (Å²) in [5.74, 6) is -0.804. The lowest BCUT2D eigenvalue weighted by Gasteiger charge is -2.24. The van der Waals surface area contributed by atoms with Crippen molar-refractivity contribution in [2.24, 2.45) is 0 Å². The van der Waals surface area contributed by atoms with Gasteiger partial charge in [0.25, 0.3) is 5.91 Å². The number of anilines is 1. The summed E-state index contributed by atoms with van der Waals surface area (Å²) in [6, 6.07) is 18.9. The summed E-state index contributed by atoms with van der Waals surface area (Å²) in [7, 11) is 0. The van der Waals surface area contributed by atoms with Crippen LogP contribution in [0.1, 0.15) is 70.0 Å². The molecular weight excluding hydrogens is 521 g/mol. The van der Waals surface area contributed by atoms with Gasteiger partial charge in [-0.15, -0.1) is 13.2 Å². The van der Waals surface area contributed by atoms with Gasteiger partial charge in [0, 0.05) is 18.5 Å². The molecule has 0 bridgehead atoms. The van der Waals surface area contributed by atoms with Crippen LogP contribution in [0.2, 0.25) is 0 Å². The maximum Gasteiger partial charge on any atom is 0.573 e. The fraction of sp³-hybridized carbons (Fsp3) is 0.355. The number of esters is 1. The van der Waals surface area contributed by atoms with Gasteiger partial charge in [-0.3, -0.25) is 4.79 Å². The number of para-hydroxylation sites is 1. The summed E-state index contributed by atoms with van der Waals surface area (Å²) in [6.07, 6.45) is -1.07. The highest BCUT2D eigenvalue weighted by Gasteiger charge is 2.53. The van der Waals surface area contributed by atoms with E-state index in [1.165, 1.54) is 12.1 Å². The highest BCUT2D eigenvalue weighted by atomic mass is 19.4. The van der Waals surface area contributed by atoms with E-state index >= 15 is 0 Å². The average molecular weight is 551 g/mol. The Balaban J connectivity index is 1.23. The number of carbonyl (C=O) groups excluding carboxylic acids is 2. The van der Waals surface area contributed by atoms with Crippen molar-refractivity contribution in [3.8, 4) is 5.75 Å². The maximum absolute atomic E-state index is 13.8. The van der Waals surface area contributed by atoms with E-state index in [9.17, 15) is 22.8 Å². The van der Waals surface area contributed by atoms with Gasteiger partial charge in [0.1, 0.15) is 5.75 Å². The Labute approximate surface area is 230 Å². The molecule has 0 aromatic heterocycles. The first kappa shape index (κ1) is 26.2. The van der Waals surface area contributed by atoms with Crippen LogP contribution >= 0.6 is 0 Å². The van der Waals surface area contributed by atoms with E-state index in [4.69, 9.17) is 4.74 Å². The van der Waals surface area contributed by atoms with Crippen molar-refractivity contribution < 1.29 is 32.2 Å². The lowest BCUT2D eigenvalue weighted by atomic mass is 9.96. The Bertz CT molecular complexity index is 1440. The summed E-state index contributed by atoms with van der Waals surface area (Å²) in [5.41, 5.74) is 4.41. The van der Waals surface area contributed by atoms with E-state index in [0.29, 0.717) is 24.3 Å². The molecule has 0 atom stereocenters. The third-order valence-electron chi connectivity index (χ3n) is 8.10. The first-order chi connectivity index (χ1) is 19.1. The lowest BCUT2D eigenvalue weighted by Crippen LogP contribution is -2.36. The number of hydrogen-bond acceptors (Lipinski definition) is 5. The zero-order valence-corrected chi connectivity index (χ0v) is 22.0. The lowest BCUT2D eigenvalue weighted by molar-refractivity contribution is -0.274. The molecule has 1 aliphatic heterocycles. The largest absolute Gasteiger partial charge is 0.573 e. The molecule has 6 nitrogen and oxygen atoms in total. The molecule has 0 unspecified atom stereocenters. The molecule has 6 rings (SSSR count). The second kappa shape index (κ2) is 9.57. The van der Waals surface area contributed by atoms with E-state index in [1.54, 1.807) is 31.2 Å². The van der Waals surface area contributed by atoms with Crippen LogP contribution in [-0.2, 0) is 22.2 Å². The van der Waals surface area contributed by atoms with Crippen molar-refractivity contribution in [2.45, 2.75) is 56.5 Å². The Morgan fingerprint density at radius 3 is 2.25 bits per heavy atom. The Kier molecular flexibility index (Phi) is 6.27. The van der Waals surface area contributed by atoms with Gasteiger partial charge in [0.2, 0.25) is 0 Å². The molecule has 3 aliphatic rings. The predicted molar refractivity (Wildman–Crippen MR) is 142 cm³/mol. The van der Waals surface area contributed by atoms with Crippen LogP contribution in [0.5, 0.6) is 5.75 Å². The topological polar surface area (TPSA) is 67.9 Å². The molecule has 3 aromatic carbocycles. The summed E-state index contributed by atoms with van der Waals surface area (Å²) >= 11 is 0. The van der Waals surface area contributed by atoms with Crippen LogP contribution in [0, 0.1) is 0 Å². The second-order valence-electron chi connectivity index (χ2n) is 10.9. The first-order valence-corrected chi connectivity index (χ1v) is 13.4. The minimum atomic E-state index is -4.74. The quantitative estimate of drug-likeness (QED) is 0.337. The van der Waals surface area contributed by atoms with Crippen molar-refractivity contribution in [3.63, 3.8) is 0 Å². The molecule has 2 fully saturated rings. The molecule has 40 heavy (non-hydrogen) atoms. The van der Waals surface area contributed by atoms with Crippen LogP contribution in [0.4, 0.5) is 18.9 Å². The van der Waals surface area contributed by atoms with Crippen molar-refractivity contribution in [2.75, 3.05) is 18.1 Å². The summed E-state index contributed by atoms with van der Waals surface area (Å²) < 4.78 is 46.8. The van der Waals surface area contributed by atoms with Crippen molar-refractivity contribution >= 4 is 17.6 Å². The minimum Gasteiger partial charge on any atom is -0.462 e. The SMILES string of the molecule is CCOC(=O)c1ccc(C2(NC(=O)c3cccc4c3N(Cc3ccc(OC(F)(F)F)cc3)CC43CC3)CC2)cc1. The standard InChI is InChI=1S/C31H29F3N2O4/c1-2-39-28(38)21-8-10-22(11-9-21)30(16-17-30)35-27(37)24-4-3-5-25-26(24)36(19-29(25)14-15-29)18-20-6-12-23(13-7-20)40-31(32,33)34/h3-13H,2,14-19H2,1H3,(H,35,37). The third-order valence-corrected chi connectivity index (χ3v) is 8.10. The number of halogens is 3. The Hall–Kier alpha value is -4.01. The maximum atomic E-state index is 13.8. The van der Waals surface area contributed by atoms with Crippen molar-refractivity contribution in [1.29, 1.82) is 0 Å². The first-order valence-electron chi connectivity index (χ1n) is 13.4. The number of hydrogen-bond donors (Lipinski definition) is 1. The van der Waals surface area contributed by atoms with Crippen LogP contribution in [0.15, 0.2) is 66.7 Å². The highest BCUT2D eigenvalue weighted by Crippen LogP contribution is 2.57. The number of amides is 1. The zero-order valence-electron chi connectivity index (χ0n) is 22.0. The smallest absolute Gasteiger partial charge is 0.462 e. The summed E-state index contributed by atoms with van der Waals surface area (Å²) in [4.78, 5) is 28.0. The van der Waals surface area contributed by atoms with E-state index in [-0.39, 0.29) is 23.0 Å². The van der Waals surface area contributed by atoms with Gasteiger partial charge in [-0.2, -0.15) is 0 Å². The van der Waals surface area contributed by atoms with Crippen LogP contribution in [0.25, 0.3) is 0 Å². The minimum absolute atomic E-state index is 0.0190.